The van der Waals surface area contributed by atoms with Crippen LogP contribution >= 0.6 is 0 Å². The van der Waals surface area contributed by atoms with Gasteiger partial charge in [-0.1, -0.05) is 0 Å². The van der Waals surface area contributed by atoms with Gasteiger partial charge in [-0.15, -0.1) is 0 Å². The lowest BCUT2D eigenvalue weighted by Gasteiger charge is -2.04. The molecule has 0 saturated carbocycles. The van der Waals surface area contributed by atoms with Gasteiger partial charge in [-0.2, -0.15) is 5.26 Å². The molecule has 1 aromatic carbocycles. The number of rotatable bonds is 2. The summed E-state index contributed by atoms with van der Waals surface area (Å²) in [5, 5.41) is 9.62. The monoisotopic (exact) mass is 227 g/mol. The highest BCUT2D eigenvalue weighted by molar-refractivity contribution is 5.98. The van der Waals surface area contributed by atoms with Crippen LogP contribution < -0.4 is 10.5 Å². The minimum Gasteiger partial charge on any atom is -0.481 e. The minimum absolute atomic E-state index is 0.348. The largest absolute Gasteiger partial charge is 0.481 e. The molecular formula is C12H9N3O2. The van der Waals surface area contributed by atoms with E-state index in [2.05, 4.69) is 4.98 Å². The zero-order valence-corrected chi connectivity index (χ0v) is 9.10. The van der Waals surface area contributed by atoms with Crippen LogP contribution in [0.1, 0.15) is 15.9 Å². The molecule has 0 spiro atoms. The quantitative estimate of drug-likeness (QED) is 0.835. The van der Waals surface area contributed by atoms with Gasteiger partial charge in [0.05, 0.1) is 18.2 Å². The van der Waals surface area contributed by atoms with Crippen LogP contribution in [-0.2, 0) is 0 Å². The Morgan fingerprint density at radius 3 is 2.82 bits per heavy atom. The van der Waals surface area contributed by atoms with Crippen molar-refractivity contribution in [3.8, 4) is 11.9 Å². The maximum absolute atomic E-state index is 11.1. The molecule has 0 aliphatic heterocycles. The fourth-order valence-electron chi connectivity index (χ4n) is 1.55. The van der Waals surface area contributed by atoms with Crippen LogP contribution in [0.5, 0.6) is 5.88 Å². The van der Waals surface area contributed by atoms with Crippen molar-refractivity contribution in [1.29, 1.82) is 5.26 Å². The molecule has 0 bridgehead atoms. The number of nitrogens with zero attached hydrogens (tertiary/aromatic N) is 2. The highest BCUT2D eigenvalue weighted by Gasteiger charge is 2.08. The zero-order valence-electron chi connectivity index (χ0n) is 9.10. The molecule has 5 nitrogen and oxygen atoms in total. The van der Waals surface area contributed by atoms with Crippen LogP contribution in [0.2, 0.25) is 0 Å². The summed E-state index contributed by atoms with van der Waals surface area (Å²) < 4.78 is 4.99. The lowest BCUT2D eigenvalue weighted by molar-refractivity contribution is 0.100. The van der Waals surface area contributed by atoms with E-state index in [1.807, 2.05) is 6.07 Å². The third-order valence-electron chi connectivity index (χ3n) is 2.40. The molecule has 84 valence electrons. The second-order valence-electron chi connectivity index (χ2n) is 3.42. The summed E-state index contributed by atoms with van der Waals surface area (Å²) in [5.41, 5.74) is 6.52. The lowest BCUT2D eigenvalue weighted by atomic mass is 10.1. The molecular weight excluding hydrogens is 218 g/mol. The molecule has 0 radical (unpaired) electrons. The Labute approximate surface area is 97.4 Å². The molecule has 1 heterocycles. The normalized spacial score (nSPS) is 9.88. The van der Waals surface area contributed by atoms with E-state index in [1.165, 1.54) is 13.2 Å². The number of hydrogen-bond donors (Lipinski definition) is 1. The first kappa shape index (κ1) is 10.9. The number of pyridine rings is 1. The molecule has 0 unspecified atom stereocenters. The topological polar surface area (TPSA) is 89.0 Å². The molecule has 1 aromatic heterocycles. The van der Waals surface area contributed by atoms with Gasteiger partial charge in [0.15, 0.2) is 0 Å². The molecule has 17 heavy (non-hydrogen) atoms. The molecule has 2 aromatic rings. The maximum Gasteiger partial charge on any atom is 0.248 e. The standard InChI is InChI=1S/C12H9N3O2/c1-17-11-5-8(6-13)9-4-7(12(14)16)2-3-10(9)15-11/h2-5H,1H3,(H2,14,16). The Hall–Kier alpha value is -2.61. The molecule has 0 aliphatic rings. The third-order valence-corrected chi connectivity index (χ3v) is 2.40. The van der Waals surface area contributed by atoms with Crippen molar-refractivity contribution in [3.05, 3.63) is 35.4 Å². The van der Waals surface area contributed by atoms with E-state index in [0.717, 1.165) is 0 Å². The Morgan fingerprint density at radius 1 is 1.47 bits per heavy atom. The van der Waals surface area contributed by atoms with Gasteiger partial charge >= 0.3 is 0 Å². The zero-order chi connectivity index (χ0) is 12.4. The lowest BCUT2D eigenvalue weighted by Crippen LogP contribution is -2.10. The van der Waals surface area contributed by atoms with Gasteiger partial charge in [-0.25, -0.2) is 4.98 Å². The number of methoxy groups -OCH3 is 1. The maximum atomic E-state index is 11.1. The highest BCUT2D eigenvalue weighted by atomic mass is 16.5. The number of carbonyl (C=O) groups excluding carboxylic acids is 1. The molecule has 0 fully saturated rings. The van der Waals surface area contributed by atoms with Crippen LogP contribution in [-0.4, -0.2) is 18.0 Å². The van der Waals surface area contributed by atoms with Crippen molar-refractivity contribution in [2.45, 2.75) is 0 Å². The number of primary amides is 1. The van der Waals surface area contributed by atoms with Crippen LogP contribution in [0.3, 0.4) is 0 Å². The smallest absolute Gasteiger partial charge is 0.248 e. The van der Waals surface area contributed by atoms with Crippen LogP contribution in [0, 0.1) is 11.3 Å². The van der Waals surface area contributed by atoms with Gasteiger partial charge in [-0.3, -0.25) is 4.79 Å². The predicted octanol–water partition coefficient (Wildman–Crippen LogP) is 1.21. The van der Waals surface area contributed by atoms with Gasteiger partial charge in [0, 0.05) is 17.0 Å². The summed E-state index contributed by atoms with van der Waals surface area (Å²) in [6, 6.07) is 8.32. The molecule has 0 aliphatic carbocycles. The molecule has 1 amide bonds. The number of aromatic nitrogens is 1. The van der Waals surface area contributed by atoms with E-state index in [0.29, 0.717) is 27.9 Å². The fourth-order valence-corrected chi connectivity index (χ4v) is 1.55. The van der Waals surface area contributed by atoms with Crippen LogP contribution in [0.4, 0.5) is 0 Å². The number of benzene rings is 1. The molecule has 0 atom stereocenters. The van der Waals surface area contributed by atoms with Gasteiger partial charge in [0.1, 0.15) is 6.07 Å². The Morgan fingerprint density at radius 2 is 2.24 bits per heavy atom. The molecule has 0 saturated heterocycles. The van der Waals surface area contributed by atoms with Crippen molar-refractivity contribution in [2.24, 2.45) is 5.73 Å². The number of hydrogen-bond acceptors (Lipinski definition) is 4. The number of fused-ring (bicyclic) bond motifs is 1. The first-order valence-corrected chi connectivity index (χ1v) is 4.84. The minimum atomic E-state index is -0.536. The fraction of sp³-hybridized carbons (Fsp3) is 0.0833. The van der Waals surface area contributed by atoms with E-state index < -0.39 is 5.91 Å². The average Bonchev–Trinajstić information content (AvgIpc) is 2.36. The number of nitrogens with two attached hydrogens (primary N) is 1. The van der Waals surface area contributed by atoms with Crippen molar-refractivity contribution in [1.82, 2.24) is 4.98 Å². The summed E-state index contributed by atoms with van der Waals surface area (Å²) in [6.07, 6.45) is 0. The predicted molar refractivity (Wildman–Crippen MR) is 61.5 cm³/mol. The van der Waals surface area contributed by atoms with Crippen molar-refractivity contribution in [3.63, 3.8) is 0 Å². The summed E-state index contributed by atoms with van der Waals surface area (Å²) in [6.45, 7) is 0. The average molecular weight is 227 g/mol. The third kappa shape index (κ3) is 1.88. The van der Waals surface area contributed by atoms with Crippen LogP contribution in [0.25, 0.3) is 10.9 Å². The summed E-state index contributed by atoms with van der Waals surface area (Å²) >= 11 is 0. The summed E-state index contributed by atoms with van der Waals surface area (Å²) in [7, 11) is 1.48. The Bertz CT molecular complexity index is 644. The van der Waals surface area contributed by atoms with Gasteiger partial charge in [0.25, 0.3) is 0 Å². The van der Waals surface area contributed by atoms with E-state index >= 15 is 0 Å². The van der Waals surface area contributed by atoms with Crippen molar-refractivity contribution < 1.29 is 9.53 Å². The highest BCUT2D eigenvalue weighted by Crippen LogP contribution is 2.22. The molecule has 2 rings (SSSR count). The van der Waals surface area contributed by atoms with Gasteiger partial charge < -0.3 is 10.5 Å². The Kier molecular flexibility index (Phi) is 2.63. The number of nitriles is 1. The Balaban J connectivity index is 2.77. The number of carbonyl (C=O) groups is 1. The summed E-state index contributed by atoms with van der Waals surface area (Å²) in [4.78, 5) is 15.2. The number of amides is 1. The SMILES string of the molecule is COc1cc(C#N)c2cc(C(N)=O)ccc2n1. The summed E-state index contributed by atoms with van der Waals surface area (Å²) in [5.74, 6) is -0.174. The van der Waals surface area contributed by atoms with Crippen molar-refractivity contribution in [2.75, 3.05) is 7.11 Å². The van der Waals surface area contributed by atoms with E-state index in [9.17, 15) is 4.79 Å². The first-order chi connectivity index (χ1) is 8.15. The van der Waals surface area contributed by atoms with E-state index in [-0.39, 0.29) is 0 Å². The molecule has 2 N–H and O–H groups in total. The second kappa shape index (κ2) is 4.10. The first-order valence-electron chi connectivity index (χ1n) is 4.84. The van der Waals surface area contributed by atoms with E-state index in [4.69, 9.17) is 15.7 Å². The number of ether oxygens (including phenoxy) is 1. The van der Waals surface area contributed by atoms with E-state index in [1.54, 1.807) is 18.2 Å². The van der Waals surface area contributed by atoms with Crippen LogP contribution in [0.15, 0.2) is 24.3 Å². The molecule has 5 heteroatoms. The second-order valence-corrected chi connectivity index (χ2v) is 3.42. The van der Waals surface area contributed by atoms with Crippen molar-refractivity contribution >= 4 is 16.8 Å². The van der Waals surface area contributed by atoms with Gasteiger partial charge in [0.2, 0.25) is 11.8 Å². The van der Waals surface area contributed by atoms with Gasteiger partial charge in [-0.05, 0) is 18.2 Å².